The van der Waals surface area contributed by atoms with Crippen molar-refractivity contribution in [2.75, 3.05) is 31.1 Å². The third-order valence-electron chi connectivity index (χ3n) is 4.18. The molecule has 7 nitrogen and oxygen atoms in total. The number of nitrogens with one attached hydrogen (secondary N) is 1. The lowest BCUT2D eigenvalue weighted by atomic mass is 9.97. The third-order valence-corrected chi connectivity index (χ3v) is 4.18. The largest absolute Gasteiger partial charge is 0.379 e. The molecule has 7 heteroatoms. The minimum absolute atomic E-state index is 0.0474. The summed E-state index contributed by atoms with van der Waals surface area (Å²) in [6.07, 6.45) is 4.54. The van der Waals surface area contributed by atoms with Gasteiger partial charge in [-0.25, -0.2) is 4.68 Å². The highest BCUT2D eigenvalue weighted by atomic mass is 16.5. The summed E-state index contributed by atoms with van der Waals surface area (Å²) in [5.41, 5.74) is 0.658. The molecule has 1 amide bonds. The van der Waals surface area contributed by atoms with Gasteiger partial charge in [-0.3, -0.25) is 9.59 Å². The maximum Gasteiger partial charge on any atom is 0.268 e. The second-order valence-electron chi connectivity index (χ2n) is 6.52. The normalized spacial score (nSPS) is 18.0. The van der Waals surface area contributed by atoms with E-state index in [4.69, 9.17) is 4.74 Å². The van der Waals surface area contributed by atoms with Crippen LogP contribution in [0.3, 0.4) is 0 Å². The predicted molar refractivity (Wildman–Crippen MR) is 93.1 cm³/mol. The van der Waals surface area contributed by atoms with Gasteiger partial charge in [0.2, 0.25) is 5.91 Å². The average Bonchev–Trinajstić information content (AvgIpc) is 2.56. The zero-order chi connectivity index (χ0) is 17.5. The summed E-state index contributed by atoms with van der Waals surface area (Å²) in [7, 11) is 1.63. The molecular weight excluding hydrogens is 308 g/mol. The summed E-state index contributed by atoms with van der Waals surface area (Å²) < 4.78 is 6.77. The van der Waals surface area contributed by atoms with E-state index in [1.54, 1.807) is 19.3 Å². The van der Waals surface area contributed by atoms with Crippen LogP contribution in [0.2, 0.25) is 0 Å². The van der Waals surface area contributed by atoms with Crippen LogP contribution in [0, 0.1) is 5.92 Å². The van der Waals surface area contributed by atoms with Gasteiger partial charge in [0.25, 0.3) is 5.56 Å². The molecule has 1 aromatic heterocycles. The van der Waals surface area contributed by atoms with Crippen molar-refractivity contribution in [1.82, 2.24) is 15.1 Å². The highest BCUT2D eigenvalue weighted by Gasteiger charge is 2.26. The van der Waals surface area contributed by atoms with E-state index in [9.17, 15) is 9.59 Å². The second-order valence-corrected chi connectivity index (χ2v) is 6.52. The number of ether oxygens (including phenoxy) is 1. The lowest BCUT2D eigenvalue weighted by molar-refractivity contribution is -0.125. The Bertz CT molecular complexity index is 600. The number of amides is 1. The number of piperidine rings is 1. The Balaban J connectivity index is 1.82. The summed E-state index contributed by atoms with van der Waals surface area (Å²) in [6.45, 7) is 6.77. The highest BCUT2D eigenvalue weighted by Crippen LogP contribution is 2.21. The van der Waals surface area contributed by atoms with Crippen molar-refractivity contribution in [1.29, 1.82) is 0 Å². The number of aromatic nitrogens is 2. The summed E-state index contributed by atoms with van der Waals surface area (Å²) in [4.78, 5) is 26.1. The Labute approximate surface area is 143 Å². The average molecular weight is 336 g/mol. The fourth-order valence-corrected chi connectivity index (χ4v) is 2.81. The maximum absolute atomic E-state index is 12.3. The highest BCUT2D eigenvalue weighted by molar-refractivity contribution is 5.79. The van der Waals surface area contributed by atoms with E-state index in [1.165, 1.54) is 4.68 Å². The summed E-state index contributed by atoms with van der Waals surface area (Å²) in [5, 5.41) is 7.05. The molecule has 1 aliphatic heterocycles. The number of nitrogens with zero attached hydrogens (tertiary/aromatic N) is 3. The molecule has 1 atom stereocenters. The van der Waals surface area contributed by atoms with E-state index in [-0.39, 0.29) is 23.5 Å². The third kappa shape index (κ3) is 5.33. The van der Waals surface area contributed by atoms with Crippen LogP contribution in [0.1, 0.15) is 33.1 Å². The number of anilines is 1. The van der Waals surface area contributed by atoms with Crippen molar-refractivity contribution in [2.24, 2.45) is 13.0 Å². The quantitative estimate of drug-likeness (QED) is 0.750. The SMILES string of the molecule is CC(C)OCCCNC(=O)[C@@H]1CCCN(c2cnn(C)c(=O)c2)C1. The van der Waals surface area contributed by atoms with Crippen molar-refractivity contribution >= 4 is 11.6 Å². The fraction of sp³-hybridized carbons (Fsp3) is 0.706. The van der Waals surface area contributed by atoms with Crippen LogP contribution >= 0.6 is 0 Å². The number of rotatable bonds is 7. The Kier molecular flexibility index (Phi) is 6.78. The van der Waals surface area contributed by atoms with Crippen molar-refractivity contribution < 1.29 is 9.53 Å². The van der Waals surface area contributed by atoms with Crippen molar-refractivity contribution in [3.05, 3.63) is 22.6 Å². The first-order valence-electron chi connectivity index (χ1n) is 8.65. The van der Waals surface area contributed by atoms with Crippen LogP contribution in [0.25, 0.3) is 0 Å². The van der Waals surface area contributed by atoms with Crippen LogP contribution in [0.5, 0.6) is 0 Å². The summed E-state index contributed by atoms with van der Waals surface area (Å²) in [6, 6.07) is 1.58. The lowest BCUT2D eigenvalue weighted by Crippen LogP contribution is -2.43. The molecule has 0 bridgehead atoms. The first-order valence-corrected chi connectivity index (χ1v) is 8.65. The van der Waals surface area contributed by atoms with Crippen molar-refractivity contribution in [3.8, 4) is 0 Å². The molecule has 1 aliphatic rings. The number of carbonyl (C=O) groups is 1. The summed E-state index contributed by atoms with van der Waals surface area (Å²) in [5.74, 6) is 0.0369. The molecule has 0 unspecified atom stereocenters. The molecule has 0 saturated carbocycles. The van der Waals surface area contributed by atoms with E-state index in [0.717, 1.165) is 31.5 Å². The van der Waals surface area contributed by atoms with Crippen LogP contribution in [0.4, 0.5) is 5.69 Å². The summed E-state index contributed by atoms with van der Waals surface area (Å²) >= 11 is 0. The van der Waals surface area contributed by atoms with Gasteiger partial charge in [-0.15, -0.1) is 0 Å². The van der Waals surface area contributed by atoms with E-state index in [1.807, 2.05) is 13.8 Å². The van der Waals surface area contributed by atoms with Gasteiger partial charge in [0, 0.05) is 39.4 Å². The standard InChI is InChI=1S/C17H28N4O3/c1-13(2)24-9-5-7-18-17(23)14-6-4-8-21(12-14)15-10-16(22)20(3)19-11-15/h10-11,13-14H,4-9,12H2,1-3H3,(H,18,23)/t14-/m1/s1. The zero-order valence-electron chi connectivity index (χ0n) is 14.8. The van der Waals surface area contributed by atoms with Crippen LogP contribution in [0.15, 0.2) is 17.1 Å². The smallest absolute Gasteiger partial charge is 0.268 e. The van der Waals surface area contributed by atoms with E-state index >= 15 is 0 Å². The van der Waals surface area contributed by atoms with Gasteiger partial charge in [0.15, 0.2) is 0 Å². The number of carbonyl (C=O) groups excluding carboxylic acids is 1. The molecule has 2 heterocycles. The van der Waals surface area contributed by atoms with E-state index in [2.05, 4.69) is 15.3 Å². The monoisotopic (exact) mass is 336 g/mol. The minimum Gasteiger partial charge on any atom is -0.379 e. The molecule has 1 fully saturated rings. The van der Waals surface area contributed by atoms with Crippen molar-refractivity contribution in [2.45, 2.75) is 39.2 Å². The van der Waals surface area contributed by atoms with Gasteiger partial charge in [0.1, 0.15) is 0 Å². The molecule has 134 valence electrons. The first kappa shape index (κ1) is 18.4. The number of hydrogen-bond donors (Lipinski definition) is 1. The van der Waals surface area contributed by atoms with Crippen LogP contribution in [-0.2, 0) is 16.6 Å². The maximum atomic E-state index is 12.3. The molecule has 1 saturated heterocycles. The second kappa shape index (κ2) is 8.82. The molecule has 1 N–H and O–H groups in total. The van der Waals surface area contributed by atoms with Gasteiger partial charge < -0.3 is 15.0 Å². The van der Waals surface area contributed by atoms with Gasteiger partial charge >= 0.3 is 0 Å². The van der Waals surface area contributed by atoms with Gasteiger partial charge in [-0.1, -0.05) is 0 Å². The topological polar surface area (TPSA) is 76.5 Å². The molecular formula is C17H28N4O3. The molecule has 2 rings (SSSR count). The molecule has 1 aromatic rings. The molecule has 0 spiro atoms. The van der Waals surface area contributed by atoms with Crippen LogP contribution < -0.4 is 15.8 Å². The Morgan fingerprint density at radius 3 is 3.00 bits per heavy atom. The molecule has 0 aliphatic carbocycles. The Morgan fingerprint density at radius 2 is 2.29 bits per heavy atom. The first-order chi connectivity index (χ1) is 11.5. The fourth-order valence-electron chi connectivity index (χ4n) is 2.81. The Hall–Kier alpha value is -1.89. The Morgan fingerprint density at radius 1 is 1.50 bits per heavy atom. The lowest BCUT2D eigenvalue weighted by Gasteiger charge is -2.33. The van der Waals surface area contributed by atoms with E-state index in [0.29, 0.717) is 19.7 Å². The van der Waals surface area contributed by atoms with Gasteiger partial charge in [-0.05, 0) is 33.1 Å². The molecule has 0 radical (unpaired) electrons. The number of aryl methyl sites for hydroxylation is 1. The molecule has 24 heavy (non-hydrogen) atoms. The van der Waals surface area contributed by atoms with Gasteiger partial charge in [-0.2, -0.15) is 5.10 Å². The van der Waals surface area contributed by atoms with Gasteiger partial charge in [0.05, 0.1) is 23.9 Å². The number of hydrogen-bond acceptors (Lipinski definition) is 5. The minimum atomic E-state index is -0.135. The zero-order valence-corrected chi connectivity index (χ0v) is 14.8. The molecule has 0 aromatic carbocycles. The van der Waals surface area contributed by atoms with Crippen molar-refractivity contribution in [3.63, 3.8) is 0 Å². The predicted octanol–water partition coefficient (Wildman–Crippen LogP) is 0.928. The van der Waals surface area contributed by atoms with Crippen LogP contribution in [-0.4, -0.2) is 48.0 Å². The van der Waals surface area contributed by atoms with E-state index < -0.39 is 0 Å².